The van der Waals surface area contributed by atoms with E-state index in [4.69, 9.17) is 5.11 Å². The lowest BCUT2D eigenvalue weighted by Gasteiger charge is -2.22. The van der Waals surface area contributed by atoms with E-state index in [0.29, 0.717) is 19.5 Å². The van der Waals surface area contributed by atoms with Crippen LogP contribution in [-0.4, -0.2) is 55.9 Å². The Hall–Kier alpha value is -0.820. The predicted molar refractivity (Wildman–Crippen MR) is 53.2 cm³/mol. The highest BCUT2D eigenvalue weighted by atomic mass is 19.4. The van der Waals surface area contributed by atoms with Gasteiger partial charge in [0.2, 0.25) is 0 Å². The van der Waals surface area contributed by atoms with Crippen molar-refractivity contribution in [3.05, 3.63) is 0 Å². The standard InChI is InChI=1S/C9H17F3N2O2/c1-13-4-3-5-14(2)6-7(8(15)16)9(10,11)12/h7,13H,3-6H2,1-2H3,(H,15,16). The normalized spacial score (nSPS) is 14.1. The number of hydrogen-bond acceptors (Lipinski definition) is 3. The fourth-order valence-electron chi connectivity index (χ4n) is 1.25. The minimum absolute atomic E-state index is 0.431. The predicted octanol–water partition coefficient (Wildman–Crippen LogP) is 0.791. The summed E-state index contributed by atoms with van der Waals surface area (Å²) in [5.74, 6) is -4.14. The van der Waals surface area contributed by atoms with E-state index in [9.17, 15) is 18.0 Å². The van der Waals surface area contributed by atoms with Crippen molar-refractivity contribution in [1.29, 1.82) is 0 Å². The average Bonchev–Trinajstić information content (AvgIpc) is 2.12. The van der Waals surface area contributed by atoms with Crippen LogP contribution < -0.4 is 5.32 Å². The summed E-state index contributed by atoms with van der Waals surface area (Å²) in [5, 5.41) is 11.3. The number of hydrogen-bond donors (Lipinski definition) is 2. The molecule has 96 valence electrons. The zero-order chi connectivity index (χ0) is 12.8. The lowest BCUT2D eigenvalue weighted by Crippen LogP contribution is -2.40. The molecule has 0 aliphatic rings. The molecule has 0 saturated carbocycles. The van der Waals surface area contributed by atoms with E-state index in [-0.39, 0.29) is 0 Å². The quantitative estimate of drug-likeness (QED) is 0.648. The molecule has 0 amide bonds. The van der Waals surface area contributed by atoms with Crippen LogP contribution in [0.3, 0.4) is 0 Å². The van der Waals surface area contributed by atoms with Crippen molar-refractivity contribution in [2.24, 2.45) is 5.92 Å². The Morgan fingerprint density at radius 1 is 1.50 bits per heavy atom. The molecule has 0 bridgehead atoms. The van der Waals surface area contributed by atoms with Crippen molar-refractivity contribution in [2.45, 2.75) is 12.6 Å². The number of nitrogens with zero attached hydrogens (tertiary/aromatic N) is 1. The highest BCUT2D eigenvalue weighted by molar-refractivity contribution is 5.71. The largest absolute Gasteiger partial charge is 0.481 e. The minimum Gasteiger partial charge on any atom is -0.481 e. The topological polar surface area (TPSA) is 52.6 Å². The van der Waals surface area contributed by atoms with E-state index in [2.05, 4.69) is 5.32 Å². The Morgan fingerprint density at radius 2 is 2.06 bits per heavy atom. The second-order valence-corrected chi connectivity index (χ2v) is 3.65. The number of halogens is 3. The molecule has 0 fully saturated rings. The summed E-state index contributed by atoms with van der Waals surface area (Å²) in [4.78, 5) is 11.8. The third kappa shape index (κ3) is 5.92. The molecule has 1 unspecified atom stereocenters. The van der Waals surface area contributed by atoms with E-state index in [0.717, 1.165) is 0 Å². The molecule has 0 heterocycles. The van der Waals surface area contributed by atoms with E-state index in [1.165, 1.54) is 11.9 Å². The molecule has 0 aromatic carbocycles. The second kappa shape index (κ2) is 6.70. The first kappa shape index (κ1) is 15.2. The molecule has 0 spiro atoms. The monoisotopic (exact) mass is 242 g/mol. The Morgan fingerprint density at radius 3 is 2.44 bits per heavy atom. The van der Waals surface area contributed by atoms with Crippen LogP contribution in [0.4, 0.5) is 13.2 Å². The maximum atomic E-state index is 12.3. The zero-order valence-electron chi connectivity index (χ0n) is 9.34. The van der Waals surface area contributed by atoms with Gasteiger partial charge in [-0.25, -0.2) is 0 Å². The van der Waals surface area contributed by atoms with E-state index in [1.54, 1.807) is 7.05 Å². The maximum Gasteiger partial charge on any atom is 0.403 e. The van der Waals surface area contributed by atoms with Crippen molar-refractivity contribution in [1.82, 2.24) is 10.2 Å². The Bertz CT molecular complexity index is 221. The number of carboxylic acid groups (broad SMARTS) is 1. The Labute approximate surface area is 92.4 Å². The van der Waals surface area contributed by atoms with Crippen LogP contribution in [0.25, 0.3) is 0 Å². The SMILES string of the molecule is CNCCCN(C)CC(C(=O)O)C(F)(F)F. The molecule has 2 N–H and O–H groups in total. The molecular weight excluding hydrogens is 225 g/mol. The summed E-state index contributed by atoms with van der Waals surface area (Å²) >= 11 is 0. The van der Waals surface area contributed by atoms with E-state index < -0.39 is 24.6 Å². The number of carboxylic acids is 1. The van der Waals surface area contributed by atoms with Crippen LogP contribution >= 0.6 is 0 Å². The van der Waals surface area contributed by atoms with Gasteiger partial charge in [-0.3, -0.25) is 4.79 Å². The summed E-state index contributed by atoms with van der Waals surface area (Å²) < 4.78 is 36.9. The summed E-state index contributed by atoms with van der Waals surface area (Å²) in [5.41, 5.74) is 0. The van der Waals surface area contributed by atoms with Gasteiger partial charge in [0.25, 0.3) is 0 Å². The number of nitrogens with one attached hydrogen (secondary N) is 1. The number of carbonyl (C=O) groups is 1. The van der Waals surface area contributed by atoms with Crippen LogP contribution in [-0.2, 0) is 4.79 Å². The molecule has 16 heavy (non-hydrogen) atoms. The molecule has 0 aromatic heterocycles. The fraction of sp³-hybridized carbons (Fsp3) is 0.889. The molecular formula is C9H17F3N2O2. The zero-order valence-corrected chi connectivity index (χ0v) is 9.34. The van der Waals surface area contributed by atoms with Gasteiger partial charge < -0.3 is 15.3 Å². The molecule has 0 saturated heterocycles. The third-order valence-corrected chi connectivity index (χ3v) is 2.15. The van der Waals surface area contributed by atoms with Gasteiger partial charge in [0.1, 0.15) is 0 Å². The van der Waals surface area contributed by atoms with Gasteiger partial charge in [-0.2, -0.15) is 13.2 Å². The van der Waals surface area contributed by atoms with Crippen molar-refractivity contribution in [2.75, 3.05) is 33.7 Å². The first-order valence-corrected chi connectivity index (χ1v) is 4.91. The van der Waals surface area contributed by atoms with Crippen molar-refractivity contribution in [3.63, 3.8) is 0 Å². The molecule has 7 heteroatoms. The number of aliphatic carboxylic acids is 1. The van der Waals surface area contributed by atoms with Crippen molar-refractivity contribution >= 4 is 5.97 Å². The lowest BCUT2D eigenvalue weighted by atomic mass is 10.1. The molecule has 0 rings (SSSR count). The fourth-order valence-corrected chi connectivity index (χ4v) is 1.25. The van der Waals surface area contributed by atoms with Crippen LogP contribution in [0.1, 0.15) is 6.42 Å². The van der Waals surface area contributed by atoms with Crippen LogP contribution in [0.2, 0.25) is 0 Å². The van der Waals surface area contributed by atoms with Gasteiger partial charge in [0.05, 0.1) is 0 Å². The highest BCUT2D eigenvalue weighted by Gasteiger charge is 2.45. The van der Waals surface area contributed by atoms with Crippen LogP contribution in [0.15, 0.2) is 0 Å². The summed E-state index contributed by atoms with van der Waals surface area (Å²) in [6.45, 7) is 0.608. The van der Waals surface area contributed by atoms with Gasteiger partial charge in [0.15, 0.2) is 5.92 Å². The molecule has 1 atom stereocenters. The van der Waals surface area contributed by atoms with E-state index >= 15 is 0 Å². The van der Waals surface area contributed by atoms with Crippen molar-refractivity contribution in [3.8, 4) is 0 Å². The van der Waals surface area contributed by atoms with Gasteiger partial charge in [-0.15, -0.1) is 0 Å². The average molecular weight is 242 g/mol. The van der Waals surface area contributed by atoms with Crippen LogP contribution in [0.5, 0.6) is 0 Å². The molecule has 0 aliphatic carbocycles. The minimum atomic E-state index is -4.69. The molecule has 0 aromatic rings. The number of alkyl halides is 3. The smallest absolute Gasteiger partial charge is 0.403 e. The third-order valence-electron chi connectivity index (χ3n) is 2.15. The van der Waals surface area contributed by atoms with Gasteiger partial charge in [-0.1, -0.05) is 0 Å². The first-order valence-electron chi connectivity index (χ1n) is 4.91. The van der Waals surface area contributed by atoms with Gasteiger partial charge in [0, 0.05) is 6.54 Å². The summed E-state index contributed by atoms with van der Waals surface area (Å²) in [6.07, 6.45) is -4.01. The lowest BCUT2D eigenvalue weighted by molar-refractivity contribution is -0.196. The highest BCUT2D eigenvalue weighted by Crippen LogP contribution is 2.26. The maximum absolute atomic E-state index is 12.3. The Kier molecular flexibility index (Phi) is 6.35. The summed E-state index contributed by atoms with van der Waals surface area (Å²) in [7, 11) is 3.23. The van der Waals surface area contributed by atoms with Gasteiger partial charge >= 0.3 is 12.1 Å². The number of rotatable bonds is 7. The summed E-state index contributed by atoms with van der Waals surface area (Å²) in [6, 6.07) is 0. The van der Waals surface area contributed by atoms with Gasteiger partial charge in [-0.05, 0) is 33.6 Å². The van der Waals surface area contributed by atoms with Crippen molar-refractivity contribution < 1.29 is 23.1 Å². The second-order valence-electron chi connectivity index (χ2n) is 3.65. The molecule has 4 nitrogen and oxygen atoms in total. The van der Waals surface area contributed by atoms with E-state index in [1.807, 2.05) is 0 Å². The molecule has 0 radical (unpaired) electrons. The van der Waals surface area contributed by atoms with Crippen LogP contribution in [0, 0.1) is 5.92 Å². The Balaban J connectivity index is 4.15. The first-order chi connectivity index (χ1) is 7.29. The molecule has 0 aliphatic heterocycles.